The van der Waals surface area contributed by atoms with Gasteiger partial charge in [-0.3, -0.25) is 4.79 Å². The van der Waals surface area contributed by atoms with E-state index in [9.17, 15) is 4.79 Å². The molecule has 1 aromatic rings. The minimum atomic E-state index is 0.0281. The summed E-state index contributed by atoms with van der Waals surface area (Å²) in [4.78, 5) is 14.5. The molecule has 0 saturated heterocycles. The van der Waals surface area contributed by atoms with Gasteiger partial charge in [-0.1, -0.05) is 19.9 Å². The molecule has 4 heteroatoms. The Morgan fingerprint density at radius 1 is 1.29 bits per heavy atom. The van der Waals surface area contributed by atoms with E-state index >= 15 is 0 Å². The van der Waals surface area contributed by atoms with E-state index < -0.39 is 0 Å². The third kappa shape index (κ3) is 4.29. The van der Waals surface area contributed by atoms with Crippen LogP contribution in [0.3, 0.4) is 0 Å². The number of carbonyl (C=O) groups is 1. The van der Waals surface area contributed by atoms with Gasteiger partial charge in [0, 0.05) is 31.2 Å². The van der Waals surface area contributed by atoms with E-state index in [4.69, 9.17) is 0 Å². The van der Waals surface area contributed by atoms with Crippen molar-refractivity contribution in [3.8, 4) is 0 Å². The van der Waals surface area contributed by atoms with Crippen molar-refractivity contribution in [3.63, 3.8) is 0 Å². The minimum Gasteiger partial charge on any atom is -0.350 e. The molecule has 2 rings (SSSR count). The molecule has 116 valence electrons. The monoisotopic (exact) mass is 289 g/mol. The molecule has 2 N–H and O–H groups in total. The van der Waals surface area contributed by atoms with Crippen molar-refractivity contribution >= 4 is 5.91 Å². The normalized spacial score (nSPS) is 15.3. The van der Waals surface area contributed by atoms with E-state index in [-0.39, 0.29) is 5.91 Å². The van der Waals surface area contributed by atoms with E-state index in [0.29, 0.717) is 18.5 Å². The van der Waals surface area contributed by atoms with Crippen LogP contribution in [0.1, 0.15) is 41.8 Å². The summed E-state index contributed by atoms with van der Waals surface area (Å²) < 4.78 is 0. The molecule has 1 amide bonds. The molecule has 0 fully saturated rings. The van der Waals surface area contributed by atoms with Crippen molar-refractivity contribution < 1.29 is 4.79 Å². The predicted octanol–water partition coefficient (Wildman–Crippen LogP) is 2.00. The fourth-order valence-corrected chi connectivity index (χ4v) is 2.77. The smallest absolute Gasteiger partial charge is 0.251 e. The molecule has 0 saturated carbocycles. The van der Waals surface area contributed by atoms with E-state index in [1.807, 2.05) is 12.1 Å². The van der Waals surface area contributed by atoms with Gasteiger partial charge in [0.05, 0.1) is 0 Å². The zero-order valence-electron chi connectivity index (χ0n) is 13.6. The molecule has 1 atom stereocenters. The Morgan fingerprint density at radius 2 is 2.00 bits per heavy atom. The summed E-state index contributed by atoms with van der Waals surface area (Å²) in [5.41, 5.74) is 3.31. The van der Waals surface area contributed by atoms with Crippen LogP contribution in [0, 0.1) is 5.92 Å². The largest absolute Gasteiger partial charge is 0.350 e. The van der Waals surface area contributed by atoms with Gasteiger partial charge in [-0.05, 0) is 49.7 Å². The van der Waals surface area contributed by atoms with E-state index in [1.54, 1.807) is 0 Å². The molecular formula is C17H27N3O. The highest BCUT2D eigenvalue weighted by Gasteiger charge is 2.17. The maximum atomic E-state index is 12.3. The van der Waals surface area contributed by atoms with Crippen LogP contribution in [0.25, 0.3) is 0 Å². The highest BCUT2D eigenvalue weighted by atomic mass is 16.1. The van der Waals surface area contributed by atoms with E-state index in [2.05, 4.69) is 49.5 Å². The second-order valence-corrected chi connectivity index (χ2v) is 6.54. The highest BCUT2D eigenvalue weighted by molar-refractivity contribution is 5.94. The Labute approximate surface area is 127 Å². The topological polar surface area (TPSA) is 44.4 Å². The van der Waals surface area contributed by atoms with Gasteiger partial charge in [0.25, 0.3) is 5.91 Å². The van der Waals surface area contributed by atoms with Crippen molar-refractivity contribution in [1.29, 1.82) is 0 Å². The number of amides is 1. The summed E-state index contributed by atoms with van der Waals surface area (Å²) in [7, 11) is 4.14. The zero-order valence-corrected chi connectivity index (χ0v) is 13.6. The summed E-state index contributed by atoms with van der Waals surface area (Å²) >= 11 is 0. The quantitative estimate of drug-likeness (QED) is 0.842. The first-order valence-electron chi connectivity index (χ1n) is 7.74. The van der Waals surface area contributed by atoms with Gasteiger partial charge in [0.2, 0.25) is 0 Å². The minimum absolute atomic E-state index is 0.0281. The van der Waals surface area contributed by atoms with Gasteiger partial charge in [-0.15, -0.1) is 0 Å². The average Bonchev–Trinajstić information content (AvgIpc) is 2.89. The summed E-state index contributed by atoms with van der Waals surface area (Å²) in [5, 5.41) is 6.38. The first kappa shape index (κ1) is 16.0. The summed E-state index contributed by atoms with van der Waals surface area (Å²) in [5.74, 6) is 0.653. The first-order valence-corrected chi connectivity index (χ1v) is 7.74. The number of carbonyl (C=O) groups excluding carboxylic acids is 1. The molecule has 4 nitrogen and oxygen atoms in total. The van der Waals surface area contributed by atoms with E-state index in [0.717, 1.165) is 25.1 Å². The number of nitrogens with one attached hydrogen (secondary N) is 2. The number of benzene rings is 1. The molecule has 0 bridgehead atoms. The van der Waals surface area contributed by atoms with Crippen LogP contribution in [0.2, 0.25) is 0 Å². The summed E-state index contributed by atoms with van der Waals surface area (Å²) in [6, 6.07) is 6.37. The highest BCUT2D eigenvalue weighted by Crippen LogP contribution is 2.17. The van der Waals surface area contributed by atoms with Crippen LogP contribution in [0.5, 0.6) is 0 Å². The van der Waals surface area contributed by atoms with Crippen LogP contribution < -0.4 is 10.6 Å². The average molecular weight is 289 g/mol. The molecule has 1 unspecified atom stereocenters. The first-order chi connectivity index (χ1) is 9.97. The van der Waals surface area contributed by atoms with Crippen LogP contribution >= 0.6 is 0 Å². The molecule has 0 radical (unpaired) electrons. The molecular weight excluding hydrogens is 262 g/mol. The summed E-state index contributed by atoms with van der Waals surface area (Å²) in [6.45, 7) is 6.90. The molecule has 0 aromatic heterocycles. The number of rotatable bonds is 6. The lowest BCUT2D eigenvalue weighted by Gasteiger charge is -2.26. The lowest BCUT2D eigenvalue weighted by molar-refractivity contribution is 0.0938. The fraction of sp³-hybridized carbons (Fsp3) is 0.588. The standard InChI is InChI=1S/C17H27N3O/c1-12(2)7-16(20(3)4)11-19-17(21)13-5-6-14-9-18-10-15(14)8-13/h5-6,8,12,16,18H,7,9-11H2,1-4H3,(H,19,21). The molecule has 1 aromatic carbocycles. The molecule has 1 heterocycles. The zero-order chi connectivity index (χ0) is 15.4. The molecule has 1 aliphatic rings. The molecule has 1 aliphatic heterocycles. The van der Waals surface area contributed by atoms with Crippen molar-refractivity contribution in [1.82, 2.24) is 15.5 Å². The van der Waals surface area contributed by atoms with Crippen molar-refractivity contribution in [3.05, 3.63) is 34.9 Å². The maximum Gasteiger partial charge on any atom is 0.251 e. The Hall–Kier alpha value is -1.39. The number of hydrogen-bond acceptors (Lipinski definition) is 3. The van der Waals surface area contributed by atoms with Gasteiger partial charge in [-0.25, -0.2) is 0 Å². The van der Waals surface area contributed by atoms with Crippen LogP contribution in [0.4, 0.5) is 0 Å². The maximum absolute atomic E-state index is 12.3. The SMILES string of the molecule is CC(C)CC(CNC(=O)c1ccc2c(c1)CNC2)N(C)C. The van der Waals surface area contributed by atoms with Crippen molar-refractivity contribution in [2.24, 2.45) is 5.92 Å². The number of nitrogens with zero attached hydrogens (tertiary/aromatic N) is 1. The van der Waals surface area contributed by atoms with Crippen LogP contribution in [0.15, 0.2) is 18.2 Å². The lowest BCUT2D eigenvalue weighted by atomic mass is 10.0. The Morgan fingerprint density at radius 3 is 2.67 bits per heavy atom. The summed E-state index contributed by atoms with van der Waals surface area (Å²) in [6.07, 6.45) is 1.08. The number of hydrogen-bond donors (Lipinski definition) is 2. The fourth-order valence-electron chi connectivity index (χ4n) is 2.77. The number of likely N-dealkylation sites (N-methyl/N-ethyl adjacent to an activating group) is 1. The third-order valence-electron chi connectivity index (χ3n) is 4.07. The third-order valence-corrected chi connectivity index (χ3v) is 4.07. The van der Waals surface area contributed by atoms with Gasteiger partial charge >= 0.3 is 0 Å². The van der Waals surface area contributed by atoms with Crippen LogP contribution in [-0.4, -0.2) is 37.5 Å². The van der Waals surface area contributed by atoms with Crippen molar-refractivity contribution in [2.75, 3.05) is 20.6 Å². The Balaban J connectivity index is 1.94. The Kier molecular flexibility index (Phi) is 5.37. The molecule has 0 aliphatic carbocycles. The Bertz CT molecular complexity index is 497. The second kappa shape index (κ2) is 7.05. The predicted molar refractivity (Wildman–Crippen MR) is 86.2 cm³/mol. The molecule has 21 heavy (non-hydrogen) atoms. The molecule has 0 spiro atoms. The lowest BCUT2D eigenvalue weighted by Crippen LogP contribution is -2.41. The number of fused-ring (bicyclic) bond motifs is 1. The van der Waals surface area contributed by atoms with E-state index in [1.165, 1.54) is 11.1 Å². The second-order valence-electron chi connectivity index (χ2n) is 6.54. The van der Waals surface area contributed by atoms with Gasteiger partial charge in [0.1, 0.15) is 0 Å². The van der Waals surface area contributed by atoms with Gasteiger partial charge < -0.3 is 15.5 Å². The van der Waals surface area contributed by atoms with Crippen LogP contribution in [-0.2, 0) is 13.1 Å². The van der Waals surface area contributed by atoms with Gasteiger partial charge in [0.15, 0.2) is 0 Å². The van der Waals surface area contributed by atoms with Crippen molar-refractivity contribution in [2.45, 2.75) is 39.4 Å². The van der Waals surface area contributed by atoms with Gasteiger partial charge in [-0.2, -0.15) is 0 Å².